The van der Waals surface area contributed by atoms with Gasteiger partial charge in [0, 0.05) is 22.6 Å². The van der Waals surface area contributed by atoms with Gasteiger partial charge in [0.15, 0.2) is 0 Å². The molecule has 1 aromatic carbocycles. The predicted octanol–water partition coefficient (Wildman–Crippen LogP) is 2.76. The number of pyridine rings is 1. The lowest BCUT2D eigenvalue weighted by Crippen LogP contribution is -2.10. The summed E-state index contributed by atoms with van der Waals surface area (Å²) in [5.41, 5.74) is 6.26. The van der Waals surface area contributed by atoms with E-state index in [1.807, 2.05) is 24.3 Å². The van der Waals surface area contributed by atoms with E-state index in [0.717, 1.165) is 21.1 Å². The maximum absolute atomic E-state index is 5.52. The van der Waals surface area contributed by atoms with E-state index in [-0.39, 0.29) is 12.4 Å². The minimum Gasteiger partial charge on any atom is -0.490 e. The van der Waals surface area contributed by atoms with E-state index in [9.17, 15) is 0 Å². The summed E-state index contributed by atoms with van der Waals surface area (Å²) in [6.45, 7) is 1.01. The van der Waals surface area contributed by atoms with Gasteiger partial charge in [-0.2, -0.15) is 0 Å². The van der Waals surface area contributed by atoms with Crippen molar-refractivity contribution in [3.8, 4) is 5.75 Å². The Balaban J connectivity index is 0.00000128. The lowest BCUT2D eigenvalue weighted by molar-refractivity contribution is 0.331. The lowest BCUT2D eigenvalue weighted by atomic mass is 10.2. The third-order valence-corrected chi connectivity index (χ3v) is 2.75. The van der Waals surface area contributed by atoms with Crippen molar-refractivity contribution in [1.29, 1.82) is 0 Å². The van der Waals surface area contributed by atoms with Crippen LogP contribution in [0.3, 0.4) is 0 Å². The average Bonchev–Trinajstić information content (AvgIpc) is 2.29. The summed E-state index contributed by atoms with van der Waals surface area (Å²) >= 11 is 3.48. The predicted molar refractivity (Wildman–Crippen MR) is 71.2 cm³/mol. The first-order chi connectivity index (χ1) is 7.33. The van der Waals surface area contributed by atoms with E-state index in [4.69, 9.17) is 10.5 Å². The van der Waals surface area contributed by atoms with Gasteiger partial charge in [0.1, 0.15) is 17.9 Å². The molecule has 3 nitrogen and oxygen atoms in total. The van der Waals surface area contributed by atoms with Crippen molar-refractivity contribution in [3.05, 3.63) is 34.9 Å². The second kappa shape index (κ2) is 6.03. The summed E-state index contributed by atoms with van der Waals surface area (Å²) in [6, 6.07) is 7.76. The minimum absolute atomic E-state index is 0. The minimum atomic E-state index is 0. The topological polar surface area (TPSA) is 48.1 Å². The molecule has 0 aliphatic carbocycles. The molecular weight excluding hydrogens is 291 g/mol. The van der Waals surface area contributed by atoms with Gasteiger partial charge in [0.05, 0.1) is 0 Å². The molecule has 86 valence electrons. The fourth-order valence-electron chi connectivity index (χ4n) is 1.40. The smallest absolute Gasteiger partial charge is 0.145 e. The van der Waals surface area contributed by atoms with Crippen molar-refractivity contribution in [3.63, 3.8) is 0 Å². The molecule has 0 fully saturated rings. The first-order valence-electron chi connectivity index (χ1n) is 4.69. The largest absolute Gasteiger partial charge is 0.490 e. The SMILES string of the molecule is Cl.NCCOc1ccc(Br)c2cccnc12. The number of nitrogens with two attached hydrogens (primary N) is 1. The van der Waals surface area contributed by atoms with Gasteiger partial charge in [-0.25, -0.2) is 0 Å². The van der Waals surface area contributed by atoms with Gasteiger partial charge in [-0.15, -0.1) is 12.4 Å². The molecule has 1 heterocycles. The van der Waals surface area contributed by atoms with E-state index in [2.05, 4.69) is 20.9 Å². The molecule has 0 radical (unpaired) electrons. The average molecular weight is 304 g/mol. The van der Waals surface area contributed by atoms with Crippen LogP contribution in [-0.4, -0.2) is 18.1 Å². The number of halogens is 2. The molecule has 2 rings (SSSR count). The second-order valence-corrected chi connectivity index (χ2v) is 3.94. The van der Waals surface area contributed by atoms with Crippen LogP contribution in [0.5, 0.6) is 5.75 Å². The monoisotopic (exact) mass is 302 g/mol. The molecule has 5 heteroatoms. The molecule has 0 saturated heterocycles. The number of rotatable bonds is 3. The molecule has 0 aliphatic heterocycles. The van der Waals surface area contributed by atoms with Crippen molar-refractivity contribution in [1.82, 2.24) is 4.98 Å². The summed E-state index contributed by atoms with van der Waals surface area (Å²) in [5.74, 6) is 0.777. The van der Waals surface area contributed by atoms with Crippen LogP contribution in [0.4, 0.5) is 0 Å². The Kier molecular flexibility index (Phi) is 4.99. The van der Waals surface area contributed by atoms with Crippen molar-refractivity contribution in [2.24, 2.45) is 5.73 Å². The van der Waals surface area contributed by atoms with Gasteiger partial charge in [0.2, 0.25) is 0 Å². The van der Waals surface area contributed by atoms with Crippen LogP contribution in [0.25, 0.3) is 10.9 Å². The number of nitrogens with zero attached hydrogens (tertiary/aromatic N) is 1. The molecule has 0 bridgehead atoms. The number of ether oxygens (including phenoxy) is 1. The first kappa shape index (κ1) is 13.2. The van der Waals surface area contributed by atoms with E-state index in [1.54, 1.807) is 6.20 Å². The molecule has 0 atom stereocenters. The van der Waals surface area contributed by atoms with Crippen molar-refractivity contribution < 1.29 is 4.74 Å². The van der Waals surface area contributed by atoms with E-state index >= 15 is 0 Å². The molecule has 0 saturated carbocycles. The number of hydrogen-bond acceptors (Lipinski definition) is 3. The molecule has 0 aliphatic rings. The summed E-state index contributed by atoms with van der Waals surface area (Å²) in [5, 5.41) is 1.05. The van der Waals surface area contributed by atoms with Gasteiger partial charge >= 0.3 is 0 Å². The quantitative estimate of drug-likeness (QED) is 0.948. The highest BCUT2D eigenvalue weighted by atomic mass is 79.9. The summed E-state index contributed by atoms with van der Waals surface area (Å²) < 4.78 is 6.53. The Morgan fingerprint density at radius 3 is 2.88 bits per heavy atom. The van der Waals surface area contributed by atoms with Gasteiger partial charge < -0.3 is 10.5 Å². The van der Waals surface area contributed by atoms with Crippen LogP contribution in [0, 0.1) is 0 Å². The van der Waals surface area contributed by atoms with Crippen LogP contribution in [0.15, 0.2) is 34.9 Å². The van der Waals surface area contributed by atoms with Gasteiger partial charge in [-0.05, 0) is 18.2 Å². The molecule has 0 unspecified atom stereocenters. The van der Waals surface area contributed by atoms with Crippen LogP contribution in [0.2, 0.25) is 0 Å². The molecule has 2 aromatic rings. The maximum Gasteiger partial charge on any atom is 0.145 e. The highest BCUT2D eigenvalue weighted by Gasteiger charge is 2.05. The first-order valence-corrected chi connectivity index (χ1v) is 5.48. The van der Waals surface area contributed by atoms with Gasteiger partial charge in [0.25, 0.3) is 0 Å². The van der Waals surface area contributed by atoms with Crippen LogP contribution < -0.4 is 10.5 Å². The van der Waals surface area contributed by atoms with Crippen molar-refractivity contribution in [2.45, 2.75) is 0 Å². The highest BCUT2D eigenvalue weighted by Crippen LogP contribution is 2.29. The van der Waals surface area contributed by atoms with Gasteiger partial charge in [-0.3, -0.25) is 4.98 Å². The molecule has 2 N–H and O–H groups in total. The maximum atomic E-state index is 5.52. The summed E-state index contributed by atoms with van der Waals surface area (Å²) in [4.78, 5) is 4.30. The number of aromatic nitrogens is 1. The molecule has 16 heavy (non-hydrogen) atoms. The number of fused-ring (bicyclic) bond motifs is 1. The standard InChI is InChI=1S/C11H11BrN2O.ClH/c12-9-3-4-10(15-7-5-13)11-8(9)2-1-6-14-11;/h1-4,6H,5,7,13H2;1H. The Morgan fingerprint density at radius 2 is 2.12 bits per heavy atom. The van der Waals surface area contributed by atoms with Gasteiger partial charge in [-0.1, -0.05) is 22.0 Å². The molecule has 0 spiro atoms. The normalized spacial score (nSPS) is 9.88. The van der Waals surface area contributed by atoms with E-state index in [1.165, 1.54) is 0 Å². The number of hydrogen-bond donors (Lipinski definition) is 1. The van der Waals surface area contributed by atoms with E-state index < -0.39 is 0 Å². The Hall–Kier alpha value is -0.840. The Morgan fingerprint density at radius 1 is 1.31 bits per heavy atom. The Bertz CT molecular complexity index is 478. The van der Waals surface area contributed by atoms with Crippen molar-refractivity contribution in [2.75, 3.05) is 13.2 Å². The zero-order chi connectivity index (χ0) is 10.7. The molecule has 0 amide bonds. The van der Waals surface area contributed by atoms with Crippen LogP contribution in [-0.2, 0) is 0 Å². The molecular formula is C11H12BrClN2O. The summed E-state index contributed by atoms with van der Waals surface area (Å²) in [6.07, 6.45) is 1.75. The second-order valence-electron chi connectivity index (χ2n) is 3.08. The Labute approximate surface area is 109 Å². The third kappa shape index (κ3) is 2.64. The van der Waals surface area contributed by atoms with Crippen LogP contribution in [0.1, 0.15) is 0 Å². The molecule has 1 aromatic heterocycles. The zero-order valence-corrected chi connectivity index (χ0v) is 10.9. The fraction of sp³-hybridized carbons (Fsp3) is 0.182. The number of benzene rings is 1. The zero-order valence-electron chi connectivity index (χ0n) is 8.52. The van der Waals surface area contributed by atoms with Crippen LogP contribution >= 0.6 is 28.3 Å². The fourth-order valence-corrected chi connectivity index (χ4v) is 1.85. The third-order valence-electron chi connectivity index (χ3n) is 2.05. The summed E-state index contributed by atoms with van der Waals surface area (Å²) in [7, 11) is 0. The van der Waals surface area contributed by atoms with E-state index in [0.29, 0.717) is 13.2 Å². The highest BCUT2D eigenvalue weighted by molar-refractivity contribution is 9.10. The van der Waals surface area contributed by atoms with Crippen molar-refractivity contribution >= 4 is 39.2 Å². The lowest BCUT2D eigenvalue weighted by Gasteiger charge is -2.08.